The van der Waals surface area contributed by atoms with Crippen LogP contribution in [0.4, 0.5) is 4.79 Å². The standard InChI is InChI=1S/C40H49N11O5/c1-24(2)35(56-40(54)41-3)39(53)51-18-6-8-34(51)37-43-22-32(47-37)28-15-11-26(12-16-28)25-9-13-27(14-10-25)31-21-42-36(46-31)33-7-5-17-50(33)38(52)30(44-23-55-4)19-29-20-45-49-48-29/h9-16,20-22,24,30,33-35,44H,5-8,17-19,23H2,1-4H3,(H,41,54)(H,42,46)(H,43,47)(H,45,48,49)/t30-,33-,34-,35-/m0/s1. The lowest BCUT2D eigenvalue weighted by Crippen LogP contribution is -2.48. The van der Waals surface area contributed by atoms with E-state index in [1.165, 1.54) is 7.05 Å². The summed E-state index contributed by atoms with van der Waals surface area (Å²) in [6, 6.07) is 15.7. The molecule has 2 aliphatic rings. The molecular formula is C40H49N11O5. The van der Waals surface area contributed by atoms with Gasteiger partial charge < -0.3 is 34.6 Å². The molecule has 3 aromatic heterocycles. The van der Waals surface area contributed by atoms with E-state index < -0.39 is 18.2 Å². The van der Waals surface area contributed by atoms with Crippen molar-refractivity contribution in [1.82, 2.24) is 55.8 Å². The number of H-pyrrole nitrogens is 3. The number of aromatic nitrogens is 7. The number of imidazole rings is 2. The minimum atomic E-state index is -0.872. The molecular weight excluding hydrogens is 715 g/mol. The van der Waals surface area contributed by atoms with Crippen LogP contribution >= 0.6 is 0 Å². The molecule has 2 aromatic carbocycles. The molecule has 0 unspecified atom stereocenters. The molecule has 5 N–H and O–H groups in total. The molecule has 0 bridgehead atoms. The van der Waals surface area contributed by atoms with Crippen molar-refractivity contribution in [1.29, 1.82) is 0 Å². The Kier molecular flexibility index (Phi) is 11.9. The maximum absolute atomic E-state index is 13.8. The predicted octanol–water partition coefficient (Wildman–Crippen LogP) is 4.76. The number of benzene rings is 2. The van der Waals surface area contributed by atoms with Crippen molar-refractivity contribution in [3.05, 3.63) is 84.5 Å². The Morgan fingerprint density at radius 3 is 1.82 bits per heavy atom. The minimum absolute atomic E-state index is 0.0212. The van der Waals surface area contributed by atoms with E-state index in [9.17, 15) is 14.4 Å². The van der Waals surface area contributed by atoms with Gasteiger partial charge in [0.05, 0.1) is 60.5 Å². The van der Waals surface area contributed by atoms with E-state index in [0.29, 0.717) is 31.0 Å². The Morgan fingerprint density at radius 2 is 1.34 bits per heavy atom. The average Bonchev–Trinajstić information content (AvgIpc) is 4.08. The average molecular weight is 764 g/mol. The molecule has 5 aromatic rings. The summed E-state index contributed by atoms with van der Waals surface area (Å²) in [5.41, 5.74) is 6.55. The van der Waals surface area contributed by atoms with Crippen molar-refractivity contribution in [2.75, 3.05) is 34.0 Å². The van der Waals surface area contributed by atoms with Crippen LogP contribution in [0.2, 0.25) is 0 Å². The molecule has 16 nitrogen and oxygen atoms in total. The van der Waals surface area contributed by atoms with Gasteiger partial charge >= 0.3 is 6.09 Å². The third-order valence-corrected chi connectivity index (χ3v) is 10.6. The zero-order valence-electron chi connectivity index (χ0n) is 32.1. The molecule has 2 aliphatic heterocycles. The van der Waals surface area contributed by atoms with E-state index in [4.69, 9.17) is 14.5 Å². The second-order valence-electron chi connectivity index (χ2n) is 14.6. The summed E-state index contributed by atoms with van der Waals surface area (Å²) >= 11 is 0. The molecule has 56 heavy (non-hydrogen) atoms. The number of ether oxygens (including phenoxy) is 2. The summed E-state index contributed by atoms with van der Waals surface area (Å²) < 4.78 is 10.6. The Balaban J connectivity index is 0.994. The van der Waals surface area contributed by atoms with Gasteiger partial charge in [0.2, 0.25) is 5.91 Å². The van der Waals surface area contributed by atoms with Crippen molar-refractivity contribution in [3.63, 3.8) is 0 Å². The van der Waals surface area contributed by atoms with Crippen molar-refractivity contribution in [2.24, 2.45) is 5.92 Å². The lowest BCUT2D eigenvalue weighted by atomic mass is 10.0. The van der Waals surface area contributed by atoms with Gasteiger partial charge in [0.15, 0.2) is 6.10 Å². The second kappa shape index (κ2) is 17.3. The molecule has 4 atom stereocenters. The number of carbonyl (C=O) groups excluding carboxylic acids is 3. The van der Waals surface area contributed by atoms with Gasteiger partial charge in [0, 0.05) is 33.7 Å². The molecule has 16 heteroatoms. The van der Waals surface area contributed by atoms with Crippen LogP contribution in [0.5, 0.6) is 0 Å². The molecule has 7 rings (SSSR count). The fourth-order valence-electron chi connectivity index (χ4n) is 7.59. The SMILES string of the molecule is CNC(=O)O[C@H](C(=O)N1CCC[C@H]1c1ncc(-c2ccc(-c3ccc(-c4cnc([C@@H]5CCCN5C(=O)[C@H](Cc5cn[nH]n5)NCOC)[nH]4)cc3)cc2)[nH]1)C(C)C. The largest absolute Gasteiger partial charge is 0.436 e. The first-order chi connectivity index (χ1) is 27.2. The molecule has 0 saturated carbocycles. The quantitative estimate of drug-likeness (QED) is 0.0983. The Hall–Kier alpha value is -5.87. The van der Waals surface area contributed by atoms with Crippen molar-refractivity contribution in [2.45, 2.75) is 70.2 Å². The topological polar surface area (TPSA) is 199 Å². The first kappa shape index (κ1) is 38.4. The highest BCUT2D eigenvalue weighted by molar-refractivity contribution is 5.84. The van der Waals surface area contributed by atoms with E-state index >= 15 is 0 Å². The highest BCUT2D eigenvalue weighted by Gasteiger charge is 2.39. The summed E-state index contributed by atoms with van der Waals surface area (Å²) in [4.78, 5) is 59.2. The number of alkyl carbamates (subject to hydrolysis) is 1. The van der Waals surface area contributed by atoms with Crippen molar-refractivity contribution in [3.8, 4) is 33.6 Å². The van der Waals surface area contributed by atoms with Gasteiger partial charge in [-0.3, -0.25) is 14.9 Å². The molecule has 3 amide bonds. The summed E-state index contributed by atoms with van der Waals surface area (Å²) in [6.07, 6.45) is 7.48. The van der Waals surface area contributed by atoms with Crippen LogP contribution in [-0.2, 0) is 25.5 Å². The van der Waals surface area contributed by atoms with Crippen molar-refractivity contribution < 1.29 is 23.9 Å². The zero-order valence-corrected chi connectivity index (χ0v) is 32.1. The molecule has 0 spiro atoms. The predicted molar refractivity (Wildman–Crippen MR) is 207 cm³/mol. The Bertz CT molecular complexity index is 2080. The van der Waals surface area contributed by atoms with Gasteiger partial charge in [0.1, 0.15) is 11.6 Å². The fraction of sp³-hybridized carbons (Fsp3) is 0.425. The maximum Gasteiger partial charge on any atom is 0.407 e. The number of nitrogens with zero attached hydrogens (tertiary/aromatic N) is 6. The summed E-state index contributed by atoms with van der Waals surface area (Å²) in [6.45, 7) is 5.20. The van der Waals surface area contributed by atoms with Gasteiger partial charge in [-0.15, -0.1) is 0 Å². The molecule has 2 saturated heterocycles. The maximum atomic E-state index is 13.8. The fourth-order valence-corrected chi connectivity index (χ4v) is 7.59. The number of amides is 3. The highest BCUT2D eigenvalue weighted by Crippen LogP contribution is 2.35. The number of rotatable bonds is 14. The van der Waals surface area contributed by atoms with Crippen LogP contribution in [0, 0.1) is 5.92 Å². The van der Waals surface area contributed by atoms with Gasteiger partial charge in [0.25, 0.3) is 5.91 Å². The minimum Gasteiger partial charge on any atom is -0.436 e. The second-order valence-corrected chi connectivity index (χ2v) is 14.6. The van der Waals surface area contributed by atoms with Crippen LogP contribution in [0.1, 0.15) is 69.0 Å². The molecule has 294 valence electrons. The third kappa shape index (κ3) is 8.35. The van der Waals surface area contributed by atoms with Gasteiger partial charge in [-0.2, -0.15) is 15.4 Å². The molecule has 0 radical (unpaired) electrons. The van der Waals surface area contributed by atoms with E-state index in [-0.39, 0.29) is 36.5 Å². The number of hydrogen-bond acceptors (Lipinski definition) is 10. The van der Waals surface area contributed by atoms with Crippen LogP contribution < -0.4 is 10.6 Å². The monoisotopic (exact) mass is 763 g/mol. The smallest absolute Gasteiger partial charge is 0.407 e. The van der Waals surface area contributed by atoms with Gasteiger partial charge in [-0.1, -0.05) is 62.4 Å². The van der Waals surface area contributed by atoms with Crippen LogP contribution in [0.25, 0.3) is 33.6 Å². The molecule has 0 aliphatic carbocycles. The van der Waals surface area contributed by atoms with Gasteiger partial charge in [-0.05, 0) is 53.9 Å². The van der Waals surface area contributed by atoms with Crippen LogP contribution in [0.3, 0.4) is 0 Å². The van der Waals surface area contributed by atoms with Gasteiger partial charge in [-0.25, -0.2) is 14.8 Å². The Morgan fingerprint density at radius 1 is 0.804 bits per heavy atom. The molecule has 5 heterocycles. The van der Waals surface area contributed by atoms with Crippen LogP contribution in [-0.4, -0.2) is 109 Å². The number of aromatic amines is 3. The number of methoxy groups -OCH3 is 1. The third-order valence-electron chi connectivity index (χ3n) is 10.6. The lowest BCUT2D eigenvalue weighted by Gasteiger charge is -2.29. The number of nitrogens with one attached hydrogen (secondary N) is 5. The number of likely N-dealkylation sites (tertiary alicyclic amines) is 2. The molecule has 2 fully saturated rings. The lowest BCUT2D eigenvalue weighted by molar-refractivity contribution is -0.143. The highest BCUT2D eigenvalue weighted by atomic mass is 16.6. The summed E-state index contributed by atoms with van der Waals surface area (Å²) in [5, 5.41) is 16.3. The van der Waals surface area contributed by atoms with Crippen LogP contribution in [0.15, 0.2) is 67.1 Å². The van der Waals surface area contributed by atoms with Crippen molar-refractivity contribution >= 4 is 17.9 Å². The Labute approximate surface area is 325 Å². The van der Waals surface area contributed by atoms with E-state index in [2.05, 4.69) is 89.5 Å². The number of carbonyl (C=O) groups is 3. The summed E-state index contributed by atoms with van der Waals surface area (Å²) in [7, 11) is 3.07. The summed E-state index contributed by atoms with van der Waals surface area (Å²) in [5.74, 6) is 1.08. The number of hydrogen-bond donors (Lipinski definition) is 5. The van der Waals surface area contributed by atoms with E-state index in [0.717, 1.165) is 65.1 Å². The normalized spacial score (nSPS) is 18.0. The zero-order chi connectivity index (χ0) is 39.2. The first-order valence-corrected chi connectivity index (χ1v) is 19.1. The van der Waals surface area contributed by atoms with E-state index in [1.807, 2.05) is 24.9 Å². The van der Waals surface area contributed by atoms with E-state index in [1.54, 1.807) is 24.4 Å². The first-order valence-electron chi connectivity index (χ1n) is 19.1.